The van der Waals surface area contributed by atoms with Crippen molar-refractivity contribution < 1.29 is 18.8 Å². The minimum atomic E-state index is -2.71. The number of ether oxygens (including phenoxy) is 2. The number of aryl methyl sites for hydroxylation is 1. The first-order valence-corrected chi connectivity index (χ1v) is 14.8. The normalized spacial score (nSPS) is 19.8. The van der Waals surface area contributed by atoms with Gasteiger partial charge >= 0.3 is 5.97 Å². The molecule has 12 heteroatoms. The Labute approximate surface area is 223 Å². The maximum Gasteiger partial charge on any atom is 0.338 e. The summed E-state index contributed by atoms with van der Waals surface area (Å²) in [4.78, 5) is 17.3. The van der Waals surface area contributed by atoms with Crippen LogP contribution in [0.3, 0.4) is 0 Å². The Morgan fingerprint density at radius 3 is 2.39 bits per heavy atom. The summed E-state index contributed by atoms with van der Waals surface area (Å²) in [5.41, 5.74) is 1.95. The van der Waals surface area contributed by atoms with E-state index in [-0.39, 0.29) is 6.61 Å². The Kier molecular flexibility index (Phi) is 7.49. The average Bonchev–Trinajstić information content (AvgIpc) is 3.21. The van der Waals surface area contributed by atoms with Crippen LogP contribution in [-0.4, -0.2) is 59.2 Å². The van der Waals surface area contributed by atoms with Crippen LogP contribution in [0.2, 0.25) is 10.0 Å². The molecule has 0 spiro atoms. The van der Waals surface area contributed by atoms with Crippen LogP contribution >= 0.6 is 29.6 Å². The quantitative estimate of drug-likeness (QED) is 0.316. The van der Waals surface area contributed by atoms with E-state index in [4.69, 9.17) is 59.1 Å². The van der Waals surface area contributed by atoms with Crippen molar-refractivity contribution in [1.29, 1.82) is 0 Å². The number of nitrogens with zero attached hydrogens (tertiary/aromatic N) is 4. The minimum Gasteiger partial charge on any atom is -0.460 e. The van der Waals surface area contributed by atoms with E-state index in [9.17, 15) is 4.79 Å². The number of morpholine rings is 1. The molecule has 5 rings (SSSR count). The van der Waals surface area contributed by atoms with Crippen molar-refractivity contribution in [3.05, 3.63) is 75.4 Å². The van der Waals surface area contributed by atoms with E-state index in [0.717, 1.165) is 16.6 Å². The molecule has 1 aromatic heterocycles. The van der Waals surface area contributed by atoms with Gasteiger partial charge in [0.2, 0.25) is 12.3 Å². The molecular weight excluding hydrogens is 542 g/mol. The highest BCUT2D eigenvalue weighted by atomic mass is 35.5. The van der Waals surface area contributed by atoms with Crippen molar-refractivity contribution in [2.24, 2.45) is 4.99 Å². The van der Waals surface area contributed by atoms with Gasteiger partial charge < -0.3 is 14.0 Å². The Hall–Kier alpha value is -2.26. The average molecular weight is 565 g/mol. The van der Waals surface area contributed by atoms with Gasteiger partial charge in [0.25, 0.3) is 0 Å². The summed E-state index contributed by atoms with van der Waals surface area (Å²) in [7, 11) is 0. The highest BCUT2D eigenvalue weighted by Gasteiger charge is 2.42. The number of esters is 1. The van der Waals surface area contributed by atoms with Gasteiger partial charge in [0.15, 0.2) is 5.82 Å². The molecule has 2 aliphatic heterocycles. The zero-order chi connectivity index (χ0) is 25.3. The second-order valence-electron chi connectivity index (χ2n) is 8.23. The third-order valence-electron chi connectivity index (χ3n) is 5.84. The van der Waals surface area contributed by atoms with Gasteiger partial charge in [-0.1, -0.05) is 23.2 Å². The van der Waals surface area contributed by atoms with Crippen LogP contribution in [0.1, 0.15) is 21.6 Å². The number of aromatic nitrogens is 2. The molecule has 2 aromatic carbocycles. The van der Waals surface area contributed by atoms with Crippen LogP contribution in [0.5, 0.6) is 0 Å². The number of benzene rings is 2. The molecule has 0 aliphatic carbocycles. The van der Waals surface area contributed by atoms with Crippen molar-refractivity contribution >= 4 is 64.4 Å². The molecule has 0 N–H and O–H groups in total. The number of rotatable bonds is 6. The fourth-order valence-corrected chi connectivity index (χ4v) is 8.08. The molecule has 188 valence electrons. The van der Waals surface area contributed by atoms with Gasteiger partial charge in [-0.3, -0.25) is 0 Å². The van der Waals surface area contributed by atoms with E-state index in [1.165, 1.54) is 0 Å². The third kappa shape index (κ3) is 5.09. The van der Waals surface area contributed by atoms with Gasteiger partial charge in [0.1, 0.15) is 11.9 Å². The molecule has 0 bridgehead atoms. The number of carbonyl (C=O) groups excluding carboxylic acids is 1. The van der Waals surface area contributed by atoms with Crippen LogP contribution in [0.25, 0.3) is 0 Å². The molecule has 3 heterocycles. The zero-order valence-electron chi connectivity index (χ0n) is 19.4. The molecule has 8 nitrogen and oxygen atoms in total. The molecule has 3 aromatic rings. The van der Waals surface area contributed by atoms with Crippen LogP contribution in [-0.2, 0) is 32.3 Å². The van der Waals surface area contributed by atoms with E-state index < -0.39 is 12.4 Å². The maximum atomic E-state index is 12.4. The first kappa shape index (κ1) is 25.4. The van der Waals surface area contributed by atoms with Crippen LogP contribution in [0.15, 0.2) is 53.5 Å². The lowest BCUT2D eigenvalue weighted by atomic mass is 10.2. The first-order chi connectivity index (χ1) is 17.3. The molecule has 1 fully saturated rings. The van der Waals surface area contributed by atoms with Crippen LogP contribution < -0.4 is 5.30 Å². The molecule has 0 radical (unpaired) electrons. The molecule has 0 amide bonds. The fraction of sp³-hybridized carbons (Fsp3) is 0.292. The monoisotopic (exact) mass is 564 g/mol. The highest BCUT2D eigenvalue weighted by molar-refractivity contribution is 8.15. The summed E-state index contributed by atoms with van der Waals surface area (Å²) in [6, 6.07) is 13.8. The largest absolute Gasteiger partial charge is 0.460 e. The summed E-state index contributed by atoms with van der Waals surface area (Å²) in [6.07, 6.45) is -2.71. The summed E-state index contributed by atoms with van der Waals surface area (Å²) in [5.74, 6) is 0.617. The maximum absolute atomic E-state index is 12.4. The van der Waals surface area contributed by atoms with Crippen molar-refractivity contribution in [2.75, 3.05) is 32.9 Å². The Bertz CT molecular complexity index is 1360. The smallest absolute Gasteiger partial charge is 0.338 e. The van der Waals surface area contributed by atoms with Gasteiger partial charge in [-0.15, -0.1) is 0 Å². The van der Waals surface area contributed by atoms with E-state index in [1.54, 1.807) is 41.1 Å². The minimum absolute atomic E-state index is 0.113. The van der Waals surface area contributed by atoms with E-state index >= 15 is 0 Å². The SMILES string of the molecule is Cc1nn(CCOC(=O)c2ccc(Cl)cc2)c2c1[P@@](=S)(N1CCOCC1)OC(c1ccc(Cl)cc1)=N2. The van der Waals surface area contributed by atoms with E-state index in [2.05, 4.69) is 4.67 Å². The first-order valence-electron chi connectivity index (χ1n) is 11.3. The standard InChI is InChI=1S/C24H23Cl2N4O4PS/c1-16-21-22(30(28-16)12-15-33-24(31)18-4-8-20(26)9-5-18)27-23(17-2-6-19(25)7-3-17)34-35(21,36)29-10-13-32-14-11-29/h2-9H,10-15H2,1H3/t35-/m1/s1. The molecule has 2 aliphatic rings. The summed E-state index contributed by atoms with van der Waals surface area (Å²) >= 11 is 18.3. The lowest BCUT2D eigenvalue weighted by Gasteiger charge is -2.38. The topological polar surface area (TPSA) is 78.2 Å². The Balaban J connectivity index is 1.45. The van der Waals surface area contributed by atoms with Gasteiger partial charge in [-0.2, -0.15) is 10.1 Å². The number of hydrogen-bond donors (Lipinski definition) is 0. The third-order valence-corrected chi connectivity index (χ3v) is 10.5. The van der Waals surface area contributed by atoms with Crippen molar-refractivity contribution in [3.8, 4) is 0 Å². The van der Waals surface area contributed by atoms with E-state index in [1.807, 2.05) is 19.1 Å². The molecule has 36 heavy (non-hydrogen) atoms. The number of hydrogen-bond acceptors (Lipinski definition) is 7. The summed E-state index contributed by atoms with van der Waals surface area (Å²) in [5, 5.41) is 6.70. The molecule has 1 atom stereocenters. The number of halogens is 2. The van der Waals surface area contributed by atoms with Crippen LogP contribution in [0, 0.1) is 6.92 Å². The zero-order valence-corrected chi connectivity index (χ0v) is 22.6. The number of aliphatic imine (C=N–C) groups is 1. The second kappa shape index (κ2) is 10.6. The fourth-order valence-electron chi connectivity index (χ4n) is 4.06. The Morgan fingerprint density at radius 1 is 1.08 bits per heavy atom. The summed E-state index contributed by atoms with van der Waals surface area (Å²) in [6.45, 7) is 4.81. The molecule has 0 saturated carbocycles. The highest BCUT2D eigenvalue weighted by Crippen LogP contribution is 2.56. The second-order valence-corrected chi connectivity index (χ2v) is 12.8. The predicted molar refractivity (Wildman–Crippen MR) is 144 cm³/mol. The van der Waals surface area contributed by atoms with Gasteiger partial charge in [0.05, 0.1) is 31.0 Å². The van der Waals surface area contributed by atoms with Gasteiger partial charge in [-0.05, 0) is 67.3 Å². The summed E-state index contributed by atoms with van der Waals surface area (Å²) < 4.78 is 21.5. The van der Waals surface area contributed by atoms with Gasteiger partial charge in [-0.25, -0.2) is 14.1 Å². The molecular formula is C24H23Cl2N4O4PS. The lowest BCUT2D eigenvalue weighted by molar-refractivity contribution is 0.0488. The lowest BCUT2D eigenvalue weighted by Crippen LogP contribution is -2.39. The van der Waals surface area contributed by atoms with E-state index in [0.29, 0.717) is 60.2 Å². The van der Waals surface area contributed by atoms with Crippen molar-refractivity contribution in [2.45, 2.75) is 13.5 Å². The van der Waals surface area contributed by atoms with Crippen molar-refractivity contribution in [1.82, 2.24) is 14.5 Å². The number of carbonyl (C=O) groups is 1. The molecule has 1 saturated heterocycles. The van der Waals surface area contributed by atoms with Crippen molar-refractivity contribution in [3.63, 3.8) is 0 Å². The number of fused-ring (bicyclic) bond motifs is 1. The molecule has 0 unspecified atom stereocenters. The Morgan fingerprint density at radius 2 is 1.72 bits per heavy atom. The predicted octanol–water partition coefficient (Wildman–Crippen LogP) is 4.73. The van der Waals surface area contributed by atoms with Crippen LogP contribution in [0.4, 0.5) is 5.82 Å². The van der Waals surface area contributed by atoms with Gasteiger partial charge in [0, 0.05) is 28.7 Å².